The van der Waals surface area contributed by atoms with Crippen LogP contribution in [0.25, 0.3) is 0 Å². The van der Waals surface area contributed by atoms with E-state index in [1.54, 1.807) is 5.57 Å². The first-order chi connectivity index (χ1) is 7.34. The molecule has 0 bridgehead atoms. The maximum absolute atomic E-state index is 4.31. The summed E-state index contributed by atoms with van der Waals surface area (Å²) in [5, 5.41) is 3.35. The van der Waals surface area contributed by atoms with Crippen molar-refractivity contribution in [1.82, 2.24) is 4.98 Å². The Bertz CT molecular complexity index is 338. The highest BCUT2D eigenvalue weighted by Gasteiger charge is 2.03. The molecule has 0 amide bonds. The van der Waals surface area contributed by atoms with Crippen LogP contribution in [-0.2, 0) is 0 Å². The van der Waals surface area contributed by atoms with Crippen molar-refractivity contribution in [3.05, 3.63) is 35.5 Å². The minimum Gasteiger partial charge on any atom is -0.370 e. The second-order valence-corrected chi connectivity index (χ2v) is 4.15. The van der Waals surface area contributed by atoms with Gasteiger partial charge < -0.3 is 5.32 Å². The fourth-order valence-corrected chi connectivity index (χ4v) is 1.89. The lowest BCUT2D eigenvalue weighted by atomic mass is 10.2. The number of nitrogens with one attached hydrogen (secondary N) is 1. The number of aryl methyl sites for hydroxylation is 1. The van der Waals surface area contributed by atoms with Crippen LogP contribution in [0.1, 0.15) is 31.2 Å². The third-order valence-corrected chi connectivity index (χ3v) is 2.80. The van der Waals surface area contributed by atoms with E-state index in [1.807, 2.05) is 12.3 Å². The summed E-state index contributed by atoms with van der Waals surface area (Å²) in [4.78, 5) is 4.31. The highest BCUT2D eigenvalue weighted by Crippen LogP contribution is 2.20. The van der Waals surface area contributed by atoms with Gasteiger partial charge in [0.15, 0.2) is 0 Å². The van der Waals surface area contributed by atoms with Crippen LogP contribution in [0.5, 0.6) is 0 Å². The predicted molar refractivity (Wildman–Crippen MR) is 64.0 cm³/mol. The van der Waals surface area contributed by atoms with Crippen LogP contribution in [-0.4, -0.2) is 11.5 Å². The molecular weight excluding hydrogens is 184 g/mol. The van der Waals surface area contributed by atoms with Crippen molar-refractivity contribution in [2.75, 3.05) is 11.9 Å². The number of allylic oxidation sites excluding steroid dienone is 1. The fraction of sp³-hybridized carbons (Fsp3) is 0.462. The molecule has 1 aliphatic carbocycles. The second kappa shape index (κ2) is 4.96. The normalized spacial score (nSPS) is 15.1. The molecule has 0 aromatic carbocycles. The van der Waals surface area contributed by atoms with Gasteiger partial charge >= 0.3 is 0 Å². The zero-order valence-corrected chi connectivity index (χ0v) is 9.29. The standard InChI is InChI=1S/C13H18N2/c1-11-6-7-13(15-10-11)14-9-8-12-4-2-3-5-12/h4,6-7,10H,2-3,5,8-9H2,1H3,(H,14,15). The average Bonchev–Trinajstić information content (AvgIpc) is 2.74. The van der Waals surface area contributed by atoms with E-state index >= 15 is 0 Å². The summed E-state index contributed by atoms with van der Waals surface area (Å²) in [6.45, 7) is 3.06. The summed E-state index contributed by atoms with van der Waals surface area (Å²) >= 11 is 0. The third-order valence-electron chi connectivity index (χ3n) is 2.80. The van der Waals surface area contributed by atoms with Crippen LogP contribution < -0.4 is 5.32 Å². The van der Waals surface area contributed by atoms with Gasteiger partial charge in [0.1, 0.15) is 5.82 Å². The molecule has 2 rings (SSSR count). The molecule has 2 nitrogen and oxygen atoms in total. The summed E-state index contributed by atoms with van der Waals surface area (Å²) in [5.74, 6) is 0.985. The van der Waals surface area contributed by atoms with E-state index in [9.17, 15) is 0 Å². The second-order valence-electron chi connectivity index (χ2n) is 4.15. The highest BCUT2D eigenvalue weighted by atomic mass is 15.0. The number of anilines is 1. The van der Waals surface area contributed by atoms with E-state index in [1.165, 1.54) is 24.8 Å². The van der Waals surface area contributed by atoms with Crippen molar-refractivity contribution in [3.8, 4) is 0 Å². The summed E-state index contributed by atoms with van der Waals surface area (Å²) < 4.78 is 0. The molecule has 0 unspecified atom stereocenters. The summed E-state index contributed by atoms with van der Waals surface area (Å²) in [6, 6.07) is 4.13. The lowest BCUT2D eigenvalue weighted by Crippen LogP contribution is -2.03. The van der Waals surface area contributed by atoms with Gasteiger partial charge in [-0.3, -0.25) is 0 Å². The summed E-state index contributed by atoms with van der Waals surface area (Å²) in [5.41, 5.74) is 2.81. The molecule has 0 saturated heterocycles. The van der Waals surface area contributed by atoms with Crippen LogP contribution in [0.4, 0.5) is 5.82 Å². The largest absolute Gasteiger partial charge is 0.370 e. The van der Waals surface area contributed by atoms with Crippen LogP contribution in [0.15, 0.2) is 30.0 Å². The molecule has 0 saturated carbocycles. The maximum Gasteiger partial charge on any atom is 0.125 e. The average molecular weight is 202 g/mol. The number of hydrogen-bond donors (Lipinski definition) is 1. The van der Waals surface area contributed by atoms with E-state index < -0.39 is 0 Å². The first-order valence-corrected chi connectivity index (χ1v) is 5.69. The van der Waals surface area contributed by atoms with Crippen LogP contribution in [0.2, 0.25) is 0 Å². The number of pyridine rings is 1. The van der Waals surface area contributed by atoms with Crippen LogP contribution in [0.3, 0.4) is 0 Å². The number of aromatic nitrogens is 1. The summed E-state index contributed by atoms with van der Waals surface area (Å²) in [7, 11) is 0. The van der Waals surface area contributed by atoms with Gasteiger partial charge in [0, 0.05) is 12.7 Å². The van der Waals surface area contributed by atoms with E-state index in [-0.39, 0.29) is 0 Å². The van der Waals surface area contributed by atoms with Crippen molar-refractivity contribution >= 4 is 5.82 Å². The zero-order chi connectivity index (χ0) is 10.5. The van der Waals surface area contributed by atoms with Gasteiger partial charge in [-0.2, -0.15) is 0 Å². The molecule has 1 N–H and O–H groups in total. The van der Waals surface area contributed by atoms with Crippen molar-refractivity contribution in [3.63, 3.8) is 0 Å². The van der Waals surface area contributed by atoms with Gasteiger partial charge in [-0.15, -0.1) is 0 Å². The van der Waals surface area contributed by atoms with Gasteiger partial charge in [-0.05, 0) is 44.2 Å². The number of rotatable bonds is 4. The number of nitrogens with zero attached hydrogens (tertiary/aromatic N) is 1. The smallest absolute Gasteiger partial charge is 0.125 e. The van der Waals surface area contributed by atoms with Gasteiger partial charge in [0.2, 0.25) is 0 Å². The Kier molecular flexibility index (Phi) is 3.38. The molecule has 1 aromatic heterocycles. The lowest BCUT2D eigenvalue weighted by molar-refractivity contribution is 0.862. The van der Waals surface area contributed by atoms with Gasteiger partial charge in [0.05, 0.1) is 0 Å². The van der Waals surface area contributed by atoms with E-state index in [0.717, 1.165) is 18.8 Å². The van der Waals surface area contributed by atoms with Crippen LogP contribution >= 0.6 is 0 Å². The number of hydrogen-bond acceptors (Lipinski definition) is 2. The SMILES string of the molecule is Cc1ccc(NCCC2=CCCC2)nc1. The Balaban J connectivity index is 1.75. The topological polar surface area (TPSA) is 24.9 Å². The molecule has 0 fully saturated rings. The first kappa shape index (κ1) is 10.2. The van der Waals surface area contributed by atoms with Crippen molar-refractivity contribution in [1.29, 1.82) is 0 Å². The summed E-state index contributed by atoms with van der Waals surface area (Å²) in [6.07, 6.45) is 9.36. The van der Waals surface area contributed by atoms with Crippen molar-refractivity contribution in [2.45, 2.75) is 32.6 Å². The van der Waals surface area contributed by atoms with E-state index in [0.29, 0.717) is 0 Å². The molecule has 80 valence electrons. The van der Waals surface area contributed by atoms with Gasteiger partial charge in [0.25, 0.3) is 0 Å². The molecule has 1 aromatic rings. The Hall–Kier alpha value is -1.31. The third kappa shape index (κ3) is 3.08. The quantitative estimate of drug-likeness (QED) is 0.758. The monoisotopic (exact) mass is 202 g/mol. The molecule has 2 heteroatoms. The minimum absolute atomic E-state index is 0.985. The Morgan fingerprint density at radius 2 is 2.33 bits per heavy atom. The van der Waals surface area contributed by atoms with Crippen molar-refractivity contribution < 1.29 is 0 Å². The fourth-order valence-electron chi connectivity index (χ4n) is 1.89. The molecule has 15 heavy (non-hydrogen) atoms. The highest BCUT2D eigenvalue weighted by molar-refractivity contribution is 5.35. The molecule has 0 spiro atoms. The van der Waals surface area contributed by atoms with Crippen molar-refractivity contribution in [2.24, 2.45) is 0 Å². The Morgan fingerprint density at radius 1 is 1.40 bits per heavy atom. The van der Waals surface area contributed by atoms with E-state index in [2.05, 4.69) is 29.4 Å². The van der Waals surface area contributed by atoms with Gasteiger partial charge in [-0.1, -0.05) is 17.7 Å². The Morgan fingerprint density at radius 3 is 3.00 bits per heavy atom. The molecule has 1 heterocycles. The molecule has 0 atom stereocenters. The van der Waals surface area contributed by atoms with E-state index in [4.69, 9.17) is 0 Å². The molecular formula is C13H18N2. The molecule has 0 aliphatic heterocycles. The molecule has 0 radical (unpaired) electrons. The Labute approximate surface area is 91.4 Å². The lowest BCUT2D eigenvalue weighted by Gasteiger charge is -2.06. The van der Waals surface area contributed by atoms with Gasteiger partial charge in [-0.25, -0.2) is 4.98 Å². The maximum atomic E-state index is 4.31. The predicted octanol–water partition coefficient (Wildman–Crippen LogP) is 3.30. The van der Waals surface area contributed by atoms with Crippen LogP contribution in [0, 0.1) is 6.92 Å². The molecule has 1 aliphatic rings. The first-order valence-electron chi connectivity index (χ1n) is 5.69. The zero-order valence-electron chi connectivity index (χ0n) is 9.29. The minimum atomic E-state index is 0.985.